The Balaban J connectivity index is 1.68. The Morgan fingerprint density at radius 3 is 2.43 bits per heavy atom. The number of nitrogens with zero attached hydrogens (tertiary/aromatic N) is 2. The molecule has 3 atom stereocenters. The van der Waals surface area contributed by atoms with Crippen LogP contribution in [0, 0.1) is 16.7 Å². The molecule has 3 fully saturated rings. The molecule has 5 heteroatoms. The van der Waals surface area contributed by atoms with E-state index in [0.717, 1.165) is 25.9 Å². The molecule has 2 aliphatic heterocycles. The number of piperidine rings is 2. The number of aliphatic hydroxyl groups excluding tert-OH is 1. The van der Waals surface area contributed by atoms with Crippen molar-refractivity contribution >= 4 is 11.8 Å². The molecule has 0 aromatic carbocycles. The average Bonchev–Trinajstić information content (AvgIpc) is 2.70. The molecular formula is C18H30N2O3. The highest BCUT2D eigenvalue weighted by Crippen LogP contribution is 2.59. The van der Waals surface area contributed by atoms with Crippen LogP contribution in [0.25, 0.3) is 0 Å². The number of imide groups is 1. The molecule has 2 heterocycles. The summed E-state index contributed by atoms with van der Waals surface area (Å²) in [6.07, 6.45) is 4.50. The largest absolute Gasteiger partial charge is 0.390 e. The van der Waals surface area contributed by atoms with Gasteiger partial charge in [0.15, 0.2) is 0 Å². The van der Waals surface area contributed by atoms with E-state index in [1.54, 1.807) is 0 Å². The lowest BCUT2D eigenvalue weighted by Gasteiger charge is -2.48. The second kappa shape index (κ2) is 5.85. The van der Waals surface area contributed by atoms with E-state index in [1.165, 1.54) is 24.2 Å². The third kappa shape index (κ3) is 2.62. The molecule has 2 amide bonds. The van der Waals surface area contributed by atoms with Gasteiger partial charge in [0.1, 0.15) is 0 Å². The van der Waals surface area contributed by atoms with E-state index in [-0.39, 0.29) is 29.7 Å². The number of carbonyl (C=O) groups is 2. The molecule has 2 bridgehead atoms. The second-order valence-electron chi connectivity index (χ2n) is 8.41. The van der Waals surface area contributed by atoms with Crippen molar-refractivity contribution in [3.05, 3.63) is 0 Å². The van der Waals surface area contributed by atoms with Gasteiger partial charge in [-0.25, -0.2) is 0 Å². The fraction of sp³-hybridized carbons (Fsp3) is 0.889. The molecule has 0 aromatic rings. The van der Waals surface area contributed by atoms with Gasteiger partial charge in [0.05, 0.1) is 18.1 Å². The van der Waals surface area contributed by atoms with Crippen molar-refractivity contribution in [2.75, 3.05) is 26.2 Å². The normalized spacial score (nSPS) is 35.7. The van der Waals surface area contributed by atoms with E-state index in [1.807, 2.05) is 20.8 Å². The Bertz CT molecular complexity index is 498. The van der Waals surface area contributed by atoms with Crippen LogP contribution in [-0.2, 0) is 9.59 Å². The fourth-order valence-corrected chi connectivity index (χ4v) is 4.78. The summed E-state index contributed by atoms with van der Waals surface area (Å²) in [4.78, 5) is 29.3. The molecule has 5 nitrogen and oxygen atoms in total. The zero-order valence-corrected chi connectivity index (χ0v) is 14.7. The zero-order chi connectivity index (χ0) is 16.8. The zero-order valence-electron chi connectivity index (χ0n) is 14.7. The SMILES string of the molecule is CC1(C)[C@H]2CC[C@@]1(C)C(=O)N(C[C@H](O)CN1CCCCC1)C2=O. The summed E-state index contributed by atoms with van der Waals surface area (Å²) in [6, 6.07) is 0. The van der Waals surface area contributed by atoms with Crippen LogP contribution in [0.3, 0.4) is 0 Å². The van der Waals surface area contributed by atoms with Crippen molar-refractivity contribution in [1.29, 1.82) is 0 Å². The fourth-order valence-electron chi connectivity index (χ4n) is 4.78. The Morgan fingerprint density at radius 1 is 1.13 bits per heavy atom. The molecule has 0 radical (unpaired) electrons. The second-order valence-corrected chi connectivity index (χ2v) is 8.41. The number of amides is 2. The molecule has 1 aliphatic carbocycles. The predicted molar refractivity (Wildman–Crippen MR) is 87.6 cm³/mol. The van der Waals surface area contributed by atoms with Gasteiger partial charge in [-0.2, -0.15) is 0 Å². The minimum absolute atomic E-state index is 0.0762. The molecule has 1 saturated carbocycles. The molecular weight excluding hydrogens is 292 g/mol. The highest BCUT2D eigenvalue weighted by molar-refractivity contribution is 6.03. The summed E-state index contributed by atoms with van der Waals surface area (Å²) in [7, 11) is 0. The van der Waals surface area contributed by atoms with Gasteiger partial charge in [0, 0.05) is 12.5 Å². The van der Waals surface area contributed by atoms with Crippen LogP contribution >= 0.6 is 0 Å². The molecule has 3 aliphatic rings. The molecule has 1 N–H and O–H groups in total. The Labute approximate surface area is 139 Å². The van der Waals surface area contributed by atoms with Gasteiger partial charge in [-0.05, 0) is 44.2 Å². The minimum atomic E-state index is -0.648. The van der Waals surface area contributed by atoms with Crippen LogP contribution in [0.4, 0.5) is 0 Å². The van der Waals surface area contributed by atoms with Gasteiger partial charge in [-0.3, -0.25) is 14.5 Å². The molecule has 23 heavy (non-hydrogen) atoms. The first kappa shape index (κ1) is 16.9. The standard InChI is InChI=1S/C18H30N2O3/c1-17(2)14-7-8-18(17,3)16(23)20(15(14)22)12-13(21)11-19-9-5-4-6-10-19/h13-14,21H,4-12H2,1-3H3/t13-,14+,18+/m1/s1. The number of fused-ring (bicyclic) bond motifs is 2. The van der Waals surface area contributed by atoms with Gasteiger partial charge in [0.25, 0.3) is 0 Å². The summed E-state index contributed by atoms with van der Waals surface area (Å²) in [5, 5.41) is 10.4. The number of rotatable bonds is 4. The molecule has 0 spiro atoms. The van der Waals surface area contributed by atoms with Crippen LogP contribution in [0.2, 0.25) is 0 Å². The first-order valence-electron chi connectivity index (χ1n) is 9.03. The van der Waals surface area contributed by atoms with E-state index in [2.05, 4.69) is 4.90 Å². The molecule has 3 rings (SSSR count). The van der Waals surface area contributed by atoms with Gasteiger partial charge in [-0.15, -0.1) is 0 Å². The van der Waals surface area contributed by atoms with Crippen molar-refractivity contribution in [2.24, 2.45) is 16.7 Å². The predicted octanol–water partition coefficient (Wildman–Crippen LogP) is 1.64. The maximum absolute atomic E-state index is 12.9. The number of carbonyl (C=O) groups excluding carboxylic acids is 2. The highest BCUT2D eigenvalue weighted by Gasteiger charge is 2.64. The monoisotopic (exact) mass is 322 g/mol. The first-order chi connectivity index (χ1) is 10.8. The van der Waals surface area contributed by atoms with E-state index in [0.29, 0.717) is 6.54 Å². The quantitative estimate of drug-likeness (QED) is 0.800. The Hall–Kier alpha value is -0.940. The molecule has 2 saturated heterocycles. The summed E-state index contributed by atoms with van der Waals surface area (Å²) in [6.45, 7) is 8.80. The molecule has 0 unspecified atom stereocenters. The van der Waals surface area contributed by atoms with Crippen LogP contribution in [-0.4, -0.2) is 59.0 Å². The summed E-state index contributed by atoms with van der Waals surface area (Å²) in [5.74, 6) is -0.251. The van der Waals surface area contributed by atoms with Gasteiger partial charge >= 0.3 is 0 Å². The smallest absolute Gasteiger partial charge is 0.235 e. The van der Waals surface area contributed by atoms with E-state index in [4.69, 9.17) is 0 Å². The van der Waals surface area contributed by atoms with E-state index >= 15 is 0 Å². The number of aliphatic hydroxyl groups is 1. The van der Waals surface area contributed by atoms with E-state index in [9.17, 15) is 14.7 Å². The van der Waals surface area contributed by atoms with Crippen LogP contribution < -0.4 is 0 Å². The van der Waals surface area contributed by atoms with Crippen LogP contribution in [0.1, 0.15) is 52.9 Å². The van der Waals surface area contributed by atoms with Crippen molar-refractivity contribution in [3.63, 3.8) is 0 Å². The lowest BCUT2D eigenvalue weighted by molar-refractivity contribution is -0.169. The maximum atomic E-state index is 12.9. The topological polar surface area (TPSA) is 60.9 Å². The van der Waals surface area contributed by atoms with Crippen molar-refractivity contribution in [3.8, 4) is 0 Å². The van der Waals surface area contributed by atoms with E-state index < -0.39 is 11.5 Å². The van der Waals surface area contributed by atoms with Gasteiger partial charge in [0.2, 0.25) is 11.8 Å². The minimum Gasteiger partial charge on any atom is -0.390 e. The molecule has 130 valence electrons. The van der Waals surface area contributed by atoms with Gasteiger partial charge in [-0.1, -0.05) is 27.2 Å². The number of β-amino-alcohol motifs (C(OH)–C–C–N with tert-alkyl or cyclic N) is 1. The lowest BCUT2D eigenvalue weighted by atomic mass is 9.62. The average molecular weight is 322 g/mol. The summed E-state index contributed by atoms with van der Waals surface area (Å²) < 4.78 is 0. The van der Waals surface area contributed by atoms with Gasteiger partial charge < -0.3 is 10.0 Å². The van der Waals surface area contributed by atoms with Crippen LogP contribution in [0.5, 0.6) is 0 Å². The number of likely N-dealkylation sites (tertiary alicyclic amines) is 2. The number of hydrogen-bond donors (Lipinski definition) is 1. The lowest BCUT2D eigenvalue weighted by Crippen LogP contribution is -2.60. The summed E-state index contributed by atoms with van der Waals surface area (Å²) >= 11 is 0. The van der Waals surface area contributed by atoms with Crippen LogP contribution in [0.15, 0.2) is 0 Å². The number of hydrogen-bond acceptors (Lipinski definition) is 4. The van der Waals surface area contributed by atoms with Crippen molar-refractivity contribution in [2.45, 2.75) is 59.0 Å². The maximum Gasteiger partial charge on any atom is 0.235 e. The molecule has 0 aromatic heterocycles. The third-order valence-corrected chi connectivity index (χ3v) is 6.82. The third-order valence-electron chi connectivity index (χ3n) is 6.82. The highest BCUT2D eigenvalue weighted by atomic mass is 16.3. The Kier molecular flexibility index (Phi) is 4.30. The van der Waals surface area contributed by atoms with Crippen molar-refractivity contribution < 1.29 is 14.7 Å². The first-order valence-corrected chi connectivity index (χ1v) is 9.03. The Morgan fingerprint density at radius 2 is 1.78 bits per heavy atom. The summed E-state index contributed by atoms with van der Waals surface area (Å²) in [5.41, 5.74) is -0.758. The van der Waals surface area contributed by atoms with Crippen molar-refractivity contribution in [1.82, 2.24) is 9.80 Å².